The molecule has 2 aromatic rings. The molecule has 0 atom stereocenters. The lowest BCUT2D eigenvalue weighted by Gasteiger charge is -2.35. The highest BCUT2D eigenvalue weighted by Gasteiger charge is 2.17. The molecule has 1 aliphatic heterocycles. The summed E-state index contributed by atoms with van der Waals surface area (Å²) in [6.45, 7) is 11.7. The lowest BCUT2D eigenvalue weighted by molar-refractivity contribution is 0.102. The maximum Gasteiger partial charge on any atom is 0.274 e. The maximum atomic E-state index is 12.6. The van der Waals surface area contributed by atoms with Crippen molar-refractivity contribution in [2.75, 3.05) is 42.9 Å². The summed E-state index contributed by atoms with van der Waals surface area (Å²) in [6.07, 6.45) is 1.81. The minimum absolute atomic E-state index is 0.166. The molecule has 26 heavy (non-hydrogen) atoms. The fraction of sp³-hybridized carbons (Fsp3) is 0.429. The van der Waals surface area contributed by atoms with Crippen molar-refractivity contribution >= 4 is 17.3 Å². The normalized spacial score (nSPS) is 15.3. The third-order valence-corrected chi connectivity index (χ3v) is 5.00. The molecule has 0 bridgehead atoms. The van der Waals surface area contributed by atoms with E-state index in [1.807, 2.05) is 42.6 Å². The molecule has 138 valence electrons. The molecular formula is C21H28N4O. The van der Waals surface area contributed by atoms with E-state index in [0.717, 1.165) is 49.7 Å². The number of aromatic nitrogens is 1. The summed E-state index contributed by atoms with van der Waals surface area (Å²) < 4.78 is 0. The van der Waals surface area contributed by atoms with Crippen molar-refractivity contribution in [3.05, 3.63) is 53.9 Å². The Hall–Kier alpha value is -2.40. The number of para-hydroxylation sites is 1. The van der Waals surface area contributed by atoms with E-state index in [1.54, 1.807) is 0 Å². The predicted octanol–water partition coefficient (Wildman–Crippen LogP) is 3.60. The predicted molar refractivity (Wildman–Crippen MR) is 107 cm³/mol. The zero-order chi connectivity index (χ0) is 18.5. The van der Waals surface area contributed by atoms with Crippen LogP contribution in [0.2, 0.25) is 0 Å². The van der Waals surface area contributed by atoms with Gasteiger partial charge in [0, 0.05) is 31.9 Å². The molecule has 0 radical (unpaired) electrons. The Morgan fingerprint density at radius 2 is 1.85 bits per heavy atom. The molecule has 0 spiro atoms. The molecule has 3 rings (SSSR count). The summed E-state index contributed by atoms with van der Waals surface area (Å²) in [6, 6.07) is 11.7. The van der Waals surface area contributed by atoms with Crippen LogP contribution in [0.4, 0.5) is 11.4 Å². The van der Waals surface area contributed by atoms with Crippen LogP contribution in [0.25, 0.3) is 0 Å². The number of hydrogen-bond acceptors (Lipinski definition) is 4. The van der Waals surface area contributed by atoms with Crippen LogP contribution in [0.5, 0.6) is 0 Å². The molecule has 1 saturated heterocycles. The minimum atomic E-state index is -0.166. The minimum Gasteiger partial charge on any atom is -0.368 e. The van der Waals surface area contributed by atoms with Gasteiger partial charge in [-0.05, 0) is 36.2 Å². The first-order chi connectivity index (χ1) is 12.6. The number of hydrogen-bond donors (Lipinski definition) is 1. The summed E-state index contributed by atoms with van der Waals surface area (Å²) in [5.74, 6) is 0.184. The zero-order valence-electron chi connectivity index (χ0n) is 15.9. The second-order valence-electron chi connectivity index (χ2n) is 7.02. The fourth-order valence-electron chi connectivity index (χ4n) is 3.33. The van der Waals surface area contributed by atoms with Gasteiger partial charge in [-0.1, -0.05) is 39.0 Å². The van der Waals surface area contributed by atoms with E-state index in [1.165, 1.54) is 0 Å². The number of carbonyl (C=O) groups is 1. The smallest absolute Gasteiger partial charge is 0.274 e. The van der Waals surface area contributed by atoms with Crippen LogP contribution in [0, 0.1) is 0 Å². The van der Waals surface area contributed by atoms with Crippen molar-refractivity contribution in [3.63, 3.8) is 0 Å². The van der Waals surface area contributed by atoms with Gasteiger partial charge in [-0.15, -0.1) is 0 Å². The van der Waals surface area contributed by atoms with Crippen LogP contribution in [-0.4, -0.2) is 48.5 Å². The van der Waals surface area contributed by atoms with Gasteiger partial charge in [0.05, 0.1) is 11.9 Å². The molecule has 1 aliphatic rings. The quantitative estimate of drug-likeness (QED) is 0.893. The van der Waals surface area contributed by atoms with Crippen molar-refractivity contribution in [1.82, 2.24) is 9.88 Å². The standard InChI is InChI=1S/C21H28N4O/c1-4-24-11-13-25(14-12-24)17-9-10-20(22-15-17)21(26)23-19-8-6-5-7-18(19)16(2)3/h5-10,15-16H,4,11-14H2,1-3H3,(H,23,26). The summed E-state index contributed by atoms with van der Waals surface area (Å²) in [5, 5.41) is 3.00. The highest BCUT2D eigenvalue weighted by Crippen LogP contribution is 2.24. The first-order valence-corrected chi connectivity index (χ1v) is 9.42. The van der Waals surface area contributed by atoms with Gasteiger partial charge >= 0.3 is 0 Å². The molecule has 1 aromatic heterocycles. The summed E-state index contributed by atoms with van der Waals surface area (Å²) >= 11 is 0. The first-order valence-electron chi connectivity index (χ1n) is 9.42. The van der Waals surface area contributed by atoms with E-state index in [4.69, 9.17) is 0 Å². The molecule has 5 nitrogen and oxygen atoms in total. The summed E-state index contributed by atoms with van der Waals surface area (Å²) in [7, 11) is 0. The van der Waals surface area contributed by atoms with E-state index in [2.05, 4.69) is 40.9 Å². The van der Waals surface area contributed by atoms with Crippen LogP contribution in [0.15, 0.2) is 42.6 Å². The average molecular weight is 352 g/mol. The van der Waals surface area contributed by atoms with Gasteiger partial charge in [-0.2, -0.15) is 0 Å². The maximum absolute atomic E-state index is 12.6. The Kier molecular flexibility index (Phi) is 5.89. The highest BCUT2D eigenvalue weighted by atomic mass is 16.1. The number of piperazine rings is 1. The van der Waals surface area contributed by atoms with E-state index in [9.17, 15) is 4.79 Å². The number of rotatable bonds is 5. The number of nitrogens with zero attached hydrogens (tertiary/aromatic N) is 3. The van der Waals surface area contributed by atoms with Crippen LogP contribution >= 0.6 is 0 Å². The van der Waals surface area contributed by atoms with Gasteiger partial charge in [-0.25, -0.2) is 4.98 Å². The van der Waals surface area contributed by atoms with E-state index < -0.39 is 0 Å². The molecule has 0 saturated carbocycles. The number of anilines is 2. The number of nitrogens with one attached hydrogen (secondary N) is 1. The van der Waals surface area contributed by atoms with Gasteiger partial charge in [-0.3, -0.25) is 4.79 Å². The van der Waals surface area contributed by atoms with Gasteiger partial charge in [0.2, 0.25) is 0 Å². The van der Waals surface area contributed by atoms with Crippen LogP contribution in [0.1, 0.15) is 42.7 Å². The molecule has 0 unspecified atom stereocenters. The summed E-state index contributed by atoms with van der Waals surface area (Å²) in [5.41, 5.74) is 3.51. The van der Waals surface area contributed by atoms with E-state index in [-0.39, 0.29) is 5.91 Å². The van der Waals surface area contributed by atoms with Crippen LogP contribution in [0.3, 0.4) is 0 Å². The van der Waals surface area contributed by atoms with Gasteiger partial charge < -0.3 is 15.1 Å². The van der Waals surface area contributed by atoms with Crippen molar-refractivity contribution in [3.8, 4) is 0 Å². The lowest BCUT2D eigenvalue weighted by Crippen LogP contribution is -2.46. The molecule has 2 heterocycles. The number of carbonyl (C=O) groups excluding carboxylic acids is 1. The second-order valence-corrected chi connectivity index (χ2v) is 7.02. The Bertz CT molecular complexity index is 734. The topological polar surface area (TPSA) is 48.5 Å². The molecule has 1 fully saturated rings. The van der Waals surface area contributed by atoms with Crippen molar-refractivity contribution in [2.45, 2.75) is 26.7 Å². The number of pyridine rings is 1. The van der Waals surface area contributed by atoms with Crippen molar-refractivity contribution in [1.29, 1.82) is 0 Å². The molecular weight excluding hydrogens is 324 g/mol. The van der Waals surface area contributed by atoms with Gasteiger partial charge in [0.1, 0.15) is 5.69 Å². The third-order valence-electron chi connectivity index (χ3n) is 5.00. The zero-order valence-corrected chi connectivity index (χ0v) is 15.9. The molecule has 1 N–H and O–H groups in total. The fourth-order valence-corrected chi connectivity index (χ4v) is 3.33. The molecule has 1 amide bonds. The van der Waals surface area contributed by atoms with Gasteiger partial charge in [0.15, 0.2) is 0 Å². The molecule has 5 heteroatoms. The Morgan fingerprint density at radius 3 is 2.46 bits per heavy atom. The SMILES string of the molecule is CCN1CCN(c2ccc(C(=O)Nc3ccccc3C(C)C)nc2)CC1. The van der Waals surface area contributed by atoms with E-state index in [0.29, 0.717) is 11.6 Å². The van der Waals surface area contributed by atoms with Crippen LogP contribution in [-0.2, 0) is 0 Å². The lowest BCUT2D eigenvalue weighted by atomic mass is 10.0. The summed E-state index contributed by atoms with van der Waals surface area (Å²) in [4.78, 5) is 21.7. The Morgan fingerprint density at radius 1 is 1.12 bits per heavy atom. The monoisotopic (exact) mass is 352 g/mol. The number of benzene rings is 1. The van der Waals surface area contributed by atoms with Crippen LogP contribution < -0.4 is 10.2 Å². The third kappa shape index (κ3) is 4.22. The molecule has 0 aliphatic carbocycles. The molecule has 1 aromatic carbocycles. The number of amides is 1. The second kappa shape index (κ2) is 8.32. The Labute approximate surface area is 156 Å². The van der Waals surface area contributed by atoms with E-state index >= 15 is 0 Å². The van der Waals surface area contributed by atoms with Crippen molar-refractivity contribution < 1.29 is 4.79 Å². The largest absolute Gasteiger partial charge is 0.368 e. The van der Waals surface area contributed by atoms with Crippen molar-refractivity contribution in [2.24, 2.45) is 0 Å². The van der Waals surface area contributed by atoms with Gasteiger partial charge in [0.25, 0.3) is 5.91 Å². The Balaban J connectivity index is 1.66. The highest BCUT2D eigenvalue weighted by molar-refractivity contribution is 6.03. The average Bonchev–Trinajstić information content (AvgIpc) is 2.68. The first kappa shape index (κ1) is 18.4. The number of likely N-dealkylation sites (N-methyl/N-ethyl adjacent to an activating group) is 1.